The van der Waals surface area contributed by atoms with Gasteiger partial charge in [-0.25, -0.2) is 17.8 Å². The molecular weight excluding hydrogens is 221 g/mol. The Balaban J connectivity index is 2.35. The van der Waals surface area contributed by atoms with Crippen LogP contribution < -0.4 is 5.73 Å². The number of pyridine rings is 1. The minimum Gasteiger partial charge on any atom is -0.325 e. The Morgan fingerprint density at radius 3 is 2.73 bits per heavy atom. The van der Waals surface area contributed by atoms with Gasteiger partial charge in [-0.15, -0.1) is 0 Å². The molecule has 15 heavy (non-hydrogen) atoms. The summed E-state index contributed by atoms with van der Waals surface area (Å²) < 4.78 is 37.8. The Kier molecular flexibility index (Phi) is 2.45. The molecule has 0 atom stereocenters. The van der Waals surface area contributed by atoms with Crippen LogP contribution in [0.1, 0.15) is 0 Å². The Bertz CT molecular complexity index is 471. The minimum absolute atomic E-state index is 0.161. The maximum absolute atomic E-state index is 13.2. The SMILES string of the molecule is NC1CN(S(=O)(=O)c2ncccc2F)C1. The highest BCUT2D eigenvalue weighted by molar-refractivity contribution is 7.89. The summed E-state index contributed by atoms with van der Waals surface area (Å²) in [5.41, 5.74) is 5.46. The molecule has 2 rings (SSSR count). The molecule has 0 saturated carbocycles. The highest BCUT2D eigenvalue weighted by Gasteiger charge is 2.36. The van der Waals surface area contributed by atoms with E-state index in [1.165, 1.54) is 12.3 Å². The molecule has 2 heterocycles. The minimum atomic E-state index is -3.80. The van der Waals surface area contributed by atoms with Crippen LogP contribution in [0.4, 0.5) is 4.39 Å². The monoisotopic (exact) mass is 231 g/mol. The molecule has 5 nitrogen and oxygen atoms in total. The molecule has 7 heteroatoms. The average Bonchev–Trinajstić information content (AvgIpc) is 2.13. The summed E-state index contributed by atoms with van der Waals surface area (Å²) in [6.45, 7) is 0.441. The molecule has 0 bridgehead atoms. The van der Waals surface area contributed by atoms with Gasteiger partial charge in [0.2, 0.25) is 5.03 Å². The summed E-state index contributed by atoms with van der Waals surface area (Å²) in [4.78, 5) is 3.53. The molecule has 1 aliphatic heterocycles. The highest BCUT2D eigenvalue weighted by Crippen LogP contribution is 2.20. The van der Waals surface area contributed by atoms with Gasteiger partial charge in [-0.1, -0.05) is 0 Å². The summed E-state index contributed by atoms with van der Waals surface area (Å²) in [6, 6.07) is 2.25. The molecular formula is C8H10FN3O2S. The molecule has 1 fully saturated rings. The van der Waals surface area contributed by atoms with Crippen molar-refractivity contribution >= 4 is 10.0 Å². The van der Waals surface area contributed by atoms with Crippen LogP contribution in [0.15, 0.2) is 23.4 Å². The Hall–Kier alpha value is -1.05. The molecule has 0 unspecified atom stereocenters. The number of hydrogen-bond donors (Lipinski definition) is 1. The standard InChI is InChI=1S/C8H10FN3O2S/c9-7-2-1-3-11-8(7)15(13,14)12-4-6(10)5-12/h1-3,6H,4-5,10H2. The van der Waals surface area contributed by atoms with Crippen LogP contribution in [0.3, 0.4) is 0 Å². The van der Waals surface area contributed by atoms with Crippen molar-refractivity contribution < 1.29 is 12.8 Å². The molecule has 0 spiro atoms. The lowest BCUT2D eigenvalue weighted by Crippen LogP contribution is -2.57. The molecule has 1 aromatic heterocycles. The van der Waals surface area contributed by atoms with E-state index >= 15 is 0 Å². The highest BCUT2D eigenvalue weighted by atomic mass is 32.2. The van der Waals surface area contributed by atoms with Gasteiger partial charge in [-0.2, -0.15) is 4.31 Å². The predicted octanol–water partition coefficient (Wildman–Crippen LogP) is -0.448. The first kappa shape index (κ1) is 10.5. The molecule has 0 aliphatic carbocycles. The maximum Gasteiger partial charge on any atom is 0.263 e. The van der Waals surface area contributed by atoms with Crippen LogP contribution in [-0.2, 0) is 10.0 Å². The van der Waals surface area contributed by atoms with Crippen LogP contribution in [0.5, 0.6) is 0 Å². The summed E-state index contributed by atoms with van der Waals surface area (Å²) in [5, 5.41) is -0.531. The Morgan fingerprint density at radius 1 is 1.53 bits per heavy atom. The van der Waals surface area contributed by atoms with Crippen molar-refractivity contribution in [3.8, 4) is 0 Å². The van der Waals surface area contributed by atoms with Gasteiger partial charge in [0, 0.05) is 25.3 Å². The lowest BCUT2D eigenvalue weighted by atomic mass is 10.2. The van der Waals surface area contributed by atoms with E-state index in [9.17, 15) is 12.8 Å². The van der Waals surface area contributed by atoms with Gasteiger partial charge in [0.05, 0.1) is 0 Å². The van der Waals surface area contributed by atoms with Crippen molar-refractivity contribution in [1.82, 2.24) is 9.29 Å². The summed E-state index contributed by atoms with van der Waals surface area (Å²) in [5.74, 6) is -0.835. The van der Waals surface area contributed by atoms with Crippen molar-refractivity contribution in [1.29, 1.82) is 0 Å². The average molecular weight is 231 g/mol. The summed E-state index contributed by atoms with van der Waals surface area (Å²) in [6.07, 6.45) is 1.25. The fourth-order valence-electron chi connectivity index (χ4n) is 1.35. The molecule has 1 aromatic rings. The third kappa shape index (κ3) is 1.73. The Morgan fingerprint density at radius 2 is 2.20 bits per heavy atom. The normalized spacial score (nSPS) is 18.8. The maximum atomic E-state index is 13.2. The van der Waals surface area contributed by atoms with Gasteiger partial charge >= 0.3 is 0 Å². The third-order valence-corrected chi connectivity index (χ3v) is 3.95. The van der Waals surface area contributed by atoms with E-state index in [2.05, 4.69) is 4.98 Å². The van der Waals surface area contributed by atoms with Crippen molar-refractivity contribution in [3.63, 3.8) is 0 Å². The van der Waals surface area contributed by atoms with E-state index in [4.69, 9.17) is 5.73 Å². The zero-order valence-corrected chi connectivity index (χ0v) is 8.61. The molecule has 0 radical (unpaired) electrons. The number of hydrogen-bond acceptors (Lipinski definition) is 4. The molecule has 2 N–H and O–H groups in total. The number of aromatic nitrogens is 1. The van der Waals surface area contributed by atoms with Gasteiger partial charge in [0.15, 0.2) is 5.82 Å². The zero-order valence-electron chi connectivity index (χ0n) is 7.80. The van der Waals surface area contributed by atoms with Crippen molar-refractivity contribution in [2.45, 2.75) is 11.1 Å². The van der Waals surface area contributed by atoms with Gasteiger partial charge in [-0.3, -0.25) is 0 Å². The van der Waals surface area contributed by atoms with Gasteiger partial charge in [-0.05, 0) is 12.1 Å². The topological polar surface area (TPSA) is 76.3 Å². The van der Waals surface area contributed by atoms with Gasteiger partial charge < -0.3 is 5.73 Å². The number of sulfonamides is 1. The van der Waals surface area contributed by atoms with E-state index in [0.29, 0.717) is 0 Å². The van der Waals surface area contributed by atoms with Gasteiger partial charge in [0.1, 0.15) is 0 Å². The number of nitrogens with two attached hydrogens (primary N) is 1. The lowest BCUT2D eigenvalue weighted by molar-refractivity contribution is 0.263. The molecule has 82 valence electrons. The van der Waals surface area contributed by atoms with Crippen LogP contribution in [0.25, 0.3) is 0 Å². The molecule has 1 aliphatic rings. The third-order valence-electron chi connectivity index (χ3n) is 2.19. The number of halogens is 1. The van der Waals surface area contributed by atoms with E-state index in [-0.39, 0.29) is 19.1 Å². The first-order chi connectivity index (χ1) is 7.01. The van der Waals surface area contributed by atoms with Crippen LogP contribution in [0.2, 0.25) is 0 Å². The quantitative estimate of drug-likeness (QED) is 0.748. The van der Waals surface area contributed by atoms with Crippen LogP contribution >= 0.6 is 0 Å². The summed E-state index contributed by atoms with van der Waals surface area (Å²) >= 11 is 0. The second-order valence-electron chi connectivity index (χ2n) is 3.37. The first-order valence-electron chi connectivity index (χ1n) is 4.38. The Labute approximate surface area is 86.8 Å². The van der Waals surface area contributed by atoms with Crippen molar-refractivity contribution in [3.05, 3.63) is 24.1 Å². The number of rotatable bonds is 2. The molecule has 0 amide bonds. The fraction of sp³-hybridized carbons (Fsp3) is 0.375. The van der Waals surface area contributed by atoms with E-state index in [0.717, 1.165) is 10.4 Å². The smallest absolute Gasteiger partial charge is 0.263 e. The number of nitrogens with zero attached hydrogens (tertiary/aromatic N) is 2. The zero-order chi connectivity index (χ0) is 11.1. The predicted molar refractivity (Wildman–Crippen MR) is 50.9 cm³/mol. The summed E-state index contributed by atoms with van der Waals surface area (Å²) in [7, 11) is -3.80. The fourth-order valence-corrected chi connectivity index (χ4v) is 2.88. The largest absolute Gasteiger partial charge is 0.325 e. The first-order valence-corrected chi connectivity index (χ1v) is 5.82. The molecule has 0 aromatic carbocycles. The van der Waals surface area contributed by atoms with E-state index < -0.39 is 20.9 Å². The second-order valence-corrected chi connectivity index (χ2v) is 5.23. The lowest BCUT2D eigenvalue weighted by Gasteiger charge is -2.35. The second kappa shape index (κ2) is 3.51. The van der Waals surface area contributed by atoms with Crippen molar-refractivity contribution in [2.75, 3.05) is 13.1 Å². The van der Waals surface area contributed by atoms with Crippen LogP contribution in [-0.4, -0.2) is 36.8 Å². The van der Waals surface area contributed by atoms with Gasteiger partial charge in [0.25, 0.3) is 10.0 Å². The van der Waals surface area contributed by atoms with E-state index in [1.54, 1.807) is 0 Å². The van der Waals surface area contributed by atoms with Crippen molar-refractivity contribution in [2.24, 2.45) is 5.73 Å². The van der Waals surface area contributed by atoms with Crippen LogP contribution in [0, 0.1) is 5.82 Å². The molecule has 1 saturated heterocycles. The van der Waals surface area contributed by atoms with E-state index in [1.807, 2.05) is 0 Å².